The van der Waals surface area contributed by atoms with Crippen molar-refractivity contribution in [1.82, 2.24) is 20.1 Å². The van der Waals surface area contributed by atoms with Crippen LogP contribution >= 0.6 is 0 Å². The van der Waals surface area contributed by atoms with Crippen molar-refractivity contribution < 1.29 is 18.7 Å². The Balaban J connectivity index is 2.15. The molecule has 8 heteroatoms. The molecule has 3 heterocycles. The van der Waals surface area contributed by atoms with Crippen LogP contribution in [-0.4, -0.2) is 39.3 Å². The zero-order chi connectivity index (χ0) is 19.1. The summed E-state index contributed by atoms with van der Waals surface area (Å²) in [5.41, 5.74) is 0.914. The molecule has 0 radical (unpaired) electrons. The van der Waals surface area contributed by atoms with E-state index in [1.54, 1.807) is 50.7 Å². The fourth-order valence-corrected chi connectivity index (χ4v) is 2.83. The monoisotopic (exact) mass is 356 g/mol. The lowest BCUT2D eigenvalue weighted by molar-refractivity contribution is -0.146. The van der Waals surface area contributed by atoms with E-state index in [2.05, 4.69) is 15.4 Å². The smallest absolute Gasteiger partial charge is 0.330 e. The van der Waals surface area contributed by atoms with Crippen LogP contribution in [0.15, 0.2) is 28.9 Å². The molecule has 0 bridgehead atoms. The molecule has 0 aliphatic heterocycles. The second-order valence-electron chi connectivity index (χ2n) is 6.51. The molecule has 0 aliphatic carbocycles. The number of fused-ring (bicyclic) bond motifs is 1. The summed E-state index contributed by atoms with van der Waals surface area (Å²) in [6.07, 6.45) is 1.54. The molecule has 1 N–H and O–H groups in total. The third-order valence-electron chi connectivity index (χ3n) is 4.11. The predicted molar refractivity (Wildman–Crippen MR) is 94.5 cm³/mol. The number of aromatic nitrogens is 3. The van der Waals surface area contributed by atoms with Gasteiger partial charge >= 0.3 is 5.97 Å². The van der Waals surface area contributed by atoms with Gasteiger partial charge in [0.1, 0.15) is 11.2 Å². The number of nitrogens with zero attached hydrogens (tertiary/aromatic N) is 3. The summed E-state index contributed by atoms with van der Waals surface area (Å²) < 4.78 is 11.8. The Hall–Kier alpha value is -3.16. The first-order valence-electron chi connectivity index (χ1n) is 8.03. The van der Waals surface area contributed by atoms with Crippen molar-refractivity contribution in [2.24, 2.45) is 7.05 Å². The topological polar surface area (TPSA) is 99.2 Å². The maximum Gasteiger partial charge on any atom is 0.330 e. The van der Waals surface area contributed by atoms with Crippen molar-refractivity contribution >= 4 is 22.9 Å². The Morgan fingerprint density at radius 3 is 2.69 bits per heavy atom. The molecule has 3 aromatic heterocycles. The van der Waals surface area contributed by atoms with Crippen LogP contribution in [0.4, 0.5) is 0 Å². The number of furan rings is 1. The third kappa shape index (κ3) is 2.94. The molecule has 0 atom stereocenters. The van der Waals surface area contributed by atoms with Crippen LogP contribution in [0.1, 0.15) is 29.9 Å². The highest BCUT2D eigenvalue weighted by Crippen LogP contribution is 2.27. The molecule has 3 rings (SSSR count). The molecule has 0 spiro atoms. The molecular formula is C18H20N4O4. The van der Waals surface area contributed by atoms with Crippen LogP contribution in [0.25, 0.3) is 22.5 Å². The van der Waals surface area contributed by atoms with Gasteiger partial charge < -0.3 is 14.5 Å². The number of rotatable bonds is 4. The van der Waals surface area contributed by atoms with Crippen LogP contribution in [0.3, 0.4) is 0 Å². The molecule has 0 saturated carbocycles. The molecule has 0 saturated heterocycles. The number of carbonyl (C=O) groups is 2. The minimum atomic E-state index is -1.18. The van der Waals surface area contributed by atoms with Gasteiger partial charge in [-0.05, 0) is 39.0 Å². The van der Waals surface area contributed by atoms with Gasteiger partial charge in [0.05, 0.1) is 30.0 Å². The largest absolute Gasteiger partial charge is 0.467 e. The van der Waals surface area contributed by atoms with Gasteiger partial charge in [-0.2, -0.15) is 5.10 Å². The fraction of sp³-hybridized carbons (Fsp3) is 0.333. The van der Waals surface area contributed by atoms with Gasteiger partial charge in [-0.1, -0.05) is 0 Å². The molecule has 0 aromatic carbocycles. The molecule has 0 fully saturated rings. The van der Waals surface area contributed by atoms with Gasteiger partial charge in [0.15, 0.2) is 11.4 Å². The summed E-state index contributed by atoms with van der Waals surface area (Å²) in [6.45, 7) is 4.97. The van der Waals surface area contributed by atoms with Crippen molar-refractivity contribution in [2.45, 2.75) is 26.3 Å². The lowest BCUT2D eigenvalue weighted by Gasteiger charge is -2.23. The maximum absolute atomic E-state index is 13.0. The van der Waals surface area contributed by atoms with Crippen LogP contribution < -0.4 is 5.32 Å². The normalized spacial score (nSPS) is 11.6. The minimum Gasteiger partial charge on any atom is -0.467 e. The van der Waals surface area contributed by atoms with E-state index < -0.39 is 17.4 Å². The van der Waals surface area contributed by atoms with Crippen molar-refractivity contribution in [3.63, 3.8) is 0 Å². The van der Waals surface area contributed by atoms with Crippen molar-refractivity contribution in [3.05, 3.63) is 35.7 Å². The maximum atomic E-state index is 13.0. The molecule has 3 aromatic rings. The number of methoxy groups -OCH3 is 1. The van der Waals surface area contributed by atoms with Crippen LogP contribution in [0, 0.1) is 6.92 Å². The van der Waals surface area contributed by atoms with E-state index >= 15 is 0 Å². The Kier molecular flexibility index (Phi) is 4.27. The zero-order valence-corrected chi connectivity index (χ0v) is 15.3. The number of esters is 1. The number of hydrogen-bond acceptors (Lipinski definition) is 6. The van der Waals surface area contributed by atoms with Gasteiger partial charge in [0.25, 0.3) is 5.91 Å². The minimum absolute atomic E-state index is 0.365. The van der Waals surface area contributed by atoms with E-state index in [-0.39, 0.29) is 0 Å². The highest BCUT2D eigenvalue weighted by molar-refractivity contribution is 6.08. The number of nitrogens with one attached hydrogen (secondary N) is 1. The average molecular weight is 356 g/mol. The van der Waals surface area contributed by atoms with Crippen LogP contribution in [0.5, 0.6) is 0 Å². The number of pyridine rings is 1. The average Bonchev–Trinajstić information content (AvgIpc) is 3.22. The first-order chi connectivity index (χ1) is 12.2. The van der Waals surface area contributed by atoms with Crippen LogP contribution in [-0.2, 0) is 16.6 Å². The summed E-state index contributed by atoms with van der Waals surface area (Å²) in [5.74, 6) is -0.422. The Labute approximate surface area is 150 Å². The molecule has 26 heavy (non-hydrogen) atoms. The number of aryl methyl sites for hydroxylation is 2. The second-order valence-corrected chi connectivity index (χ2v) is 6.51. The SMILES string of the molecule is COC(=O)C(C)(C)NC(=O)c1cc(-c2ccco2)nc2c1c(C)nn2C. The fourth-order valence-electron chi connectivity index (χ4n) is 2.83. The summed E-state index contributed by atoms with van der Waals surface area (Å²) in [5, 5.41) is 7.70. The first kappa shape index (κ1) is 17.7. The number of hydrogen-bond donors (Lipinski definition) is 1. The van der Waals surface area contributed by atoms with Gasteiger partial charge in [0.2, 0.25) is 0 Å². The quantitative estimate of drug-likeness (QED) is 0.720. The number of ether oxygens (including phenoxy) is 1. The van der Waals surface area contributed by atoms with Crippen molar-refractivity contribution in [1.29, 1.82) is 0 Å². The van der Waals surface area contributed by atoms with E-state index in [0.717, 1.165) is 0 Å². The zero-order valence-electron chi connectivity index (χ0n) is 15.3. The number of amides is 1. The highest BCUT2D eigenvalue weighted by Gasteiger charge is 2.32. The van der Waals surface area contributed by atoms with E-state index in [9.17, 15) is 9.59 Å². The lowest BCUT2D eigenvalue weighted by atomic mass is 10.0. The molecule has 136 valence electrons. The second kappa shape index (κ2) is 6.29. The summed E-state index contributed by atoms with van der Waals surface area (Å²) in [6, 6.07) is 5.14. The molecule has 0 aliphatic rings. The highest BCUT2D eigenvalue weighted by atomic mass is 16.5. The third-order valence-corrected chi connectivity index (χ3v) is 4.11. The van der Waals surface area contributed by atoms with Crippen molar-refractivity contribution in [3.8, 4) is 11.5 Å². The van der Waals surface area contributed by atoms with E-state index in [0.29, 0.717) is 33.7 Å². The predicted octanol–water partition coefficient (Wildman–Crippen LogP) is 2.22. The van der Waals surface area contributed by atoms with Gasteiger partial charge in [-0.3, -0.25) is 9.48 Å². The Morgan fingerprint density at radius 1 is 1.35 bits per heavy atom. The van der Waals surface area contributed by atoms with E-state index in [1.807, 2.05) is 0 Å². The molecule has 0 unspecified atom stereocenters. The van der Waals surface area contributed by atoms with Gasteiger partial charge in [-0.15, -0.1) is 0 Å². The summed E-state index contributed by atoms with van der Waals surface area (Å²) in [7, 11) is 3.04. The first-order valence-corrected chi connectivity index (χ1v) is 8.03. The van der Waals surface area contributed by atoms with Crippen molar-refractivity contribution in [2.75, 3.05) is 7.11 Å². The molecule has 8 nitrogen and oxygen atoms in total. The lowest BCUT2D eigenvalue weighted by Crippen LogP contribution is -2.50. The van der Waals surface area contributed by atoms with Gasteiger partial charge in [0, 0.05) is 7.05 Å². The summed E-state index contributed by atoms with van der Waals surface area (Å²) >= 11 is 0. The standard InChI is InChI=1S/C18H20N4O4/c1-10-14-11(16(23)20-18(2,3)17(24)25-5)9-12(13-7-6-8-26-13)19-15(14)22(4)21-10/h6-9H,1-5H3,(H,20,23). The van der Waals surface area contributed by atoms with Crippen LogP contribution in [0.2, 0.25) is 0 Å². The Morgan fingerprint density at radius 2 is 2.08 bits per heavy atom. The van der Waals surface area contributed by atoms with E-state index in [4.69, 9.17) is 9.15 Å². The van der Waals surface area contributed by atoms with E-state index in [1.165, 1.54) is 13.4 Å². The molecule has 1 amide bonds. The molecular weight excluding hydrogens is 336 g/mol. The van der Waals surface area contributed by atoms with Gasteiger partial charge in [-0.25, -0.2) is 9.78 Å². The number of carbonyl (C=O) groups excluding carboxylic acids is 2. The Bertz CT molecular complexity index is 986. The summed E-state index contributed by atoms with van der Waals surface area (Å²) in [4.78, 5) is 29.4.